The van der Waals surface area contributed by atoms with Crippen LogP contribution in [0.5, 0.6) is 23.0 Å². The molecule has 5 rings (SSSR count). The average molecular weight is 681 g/mol. The van der Waals surface area contributed by atoms with Gasteiger partial charge >= 0.3 is 24.1 Å². The van der Waals surface area contributed by atoms with Gasteiger partial charge in [0.15, 0.2) is 11.5 Å². The highest BCUT2D eigenvalue weighted by Crippen LogP contribution is 2.35. The molecule has 0 unspecified atom stereocenters. The van der Waals surface area contributed by atoms with E-state index in [1.165, 1.54) is 18.2 Å². The molecule has 5 aromatic rings. The molecule has 0 aliphatic rings. The molecule has 10 heteroatoms. The molecule has 0 aliphatic carbocycles. The minimum Gasteiger partial charge on any atom is -0.494 e. The van der Waals surface area contributed by atoms with Crippen LogP contribution in [0.4, 0.5) is 13.2 Å². The number of ether oxygens (including phenoxy) is 4. The Kier molecular flexibility index (Phi) is 10.8. The van der Waals surface area contributed by atoms with Gasteiger partial charge in [-0.3, -0.25) is 0 Å². The third-order valence-electron chi connectivity index (χ3n) is 7.41. The van der Waals surface area contributed by atoms with Crippen molar-refractivity contribution in [1.82, 2.24) is 0 Å². The highest BCUT2D eigenvalue weighted by Gasteiger charge is 2.38. The van der Waals surface area contributed by atoms with Gasteiger partial charge in [-0.25, -0.2) is 14.4 Å². The summed E-state index contributed by atoms with van der Waals surface area (Å²) in [5.74, 6) is -3.95. The SMILES string of the molecule is C=C(C(=O)Oc1cc(OC(=O)c2ccc(-c3ccc(C)cc3)cc2)ccc1OC(=O)c1ccc(-c2ccc(OCCC)cc2)cc1)C(F)(F)F. The second kappa shape index (κ2) is 15.4. The Morgan fingerprint density at radius 2 is 1.06 bits per heavy atom. The molecule has 0 atom stereocenters. The Balaban J connectivity index is 1.33. The first kappa shape index (κ1) is 35.2. The topological polar surface area (TPSA) is 88.1 Å². The number of halogens is 3. The summed E-state index contributed by atoms with van der Waals surface area (Å²) in [7, 11) is 0. The summed E-state index contributed by atoms with van der Waals surface area (Å²) in [5.41, 5.74) is 3.11. The Bertz CT molecular complexity index is 2000. The van der Waals surface area contributed by atoms with Crippen LogP contribution >= 0.6 is 0 Å². The lowest BCUT2D eigenvalue weighted by Gasteiger charge is -2.14. The largest absolute Gasteiger partial charge is 0.494 e. The number of hydrogen-bond donors (Lipinski definition) is 0. The molecular weight excluding hydrogens is 649 g/mol. The summed E-state index contributed by atoms with van der Waals surface area (Å²) >= 11 is 0. The van der Waals surface area contributed by atoms with E-state index in [1.807, 2.05) is 62.4 Å². The fourth-order valence-corrected chi connectivity index (χ4v) is 4.62. The first-order valence-electron chi connectivity index (χ1n) is 15.5. The number of esters is 3. The average Bonchev–Trinajstić information content (AvgIpc) is 3.11. The molecule has 0 radical (unpaired) electrons. The molecule has 0 N–H and O–H groups in total. The van der Waals surface area contributed by atoms with Crippen molar-refractivity contribution in [2.45, 2.75) is 26.4 Å². The molecular formula is C40H31F3O7. The number of hydrogen-bond acceptors (Lipinski definition) is 7. The summed E-state index contributed by atoms with van der Waals surface area (Å²) in [6.45, 7) is 7.35. The molecule has 0 saturated carbocycles. The van der Waals surface area contributed by atoms with E-state index < -0.39 is 41.2 Å². The lowest BCUT2D eigenvalue weighted by Crippen LogP contribution is -2.23. The van der Waals surface area contributed by atoms with Gasteiger partial charge in [-0.15, -0.1) is 0 Å². The molecule has 254 valence electrons. The van der Waals surface area contributed by atoms with Gasteiger partial charge in [0, 0.05) is 6.07 Å². The zero-order valence-electron chi connectivity index (χ0n) is 27.1. The first-order valence-corrected chi connectivity index (χ1v) is 15.5. The van der Waals surface area contributed by atoms with Crippen molar-refractivity contribution >= 4 is 17.9 Å². The van der Waals surface area contributed by atoms with Crippen molar-refractivity contribution in [2.24, 2.45) is 0 Å². The van der Waals surface area contributed by atoms with E-state index in [0.717, 1.165) is 52.1 Å². The fourth-order valence-electron chi connectivity index (χ4n) is 4.62. The molecule has 0 bridgehead atoms. The summed E-state index contributed by atoms with van der Waals surface area (Å²) in [6, 6.07) is 31.6. The minimum absolute atomic E-state index is 0.109. The highest BCUT2D eigenvalue weighted by atomic mass is 19.4. The van der Waals surface area contributed by atoms with Gasteiger partial charge in [0.2, 0.25) is 0 Å². The zero-order chi connectivity index (χ0) is 35.8. The summed E-state index contributed by atoms with van der Waals surface area (Å²) < 4.78 is 61.0. The lowest BCUT2D eigenvalue weighted by molar-refractivity contribution is -0.142. The van der Waals surface area contributed by atoms with E-state index in [-0.39, 0.29) is 16.9 Å². The molecule has 0 heterocycles. The highest BCUT2D eigenvalue weighted by molar-refractivity contribution is 5.94. The fraction of sp³-hybridized carbons (Fsp3) is 0.125. The van der Waals surface area contributed by atoms with Gasteiger partial charge in [-0.2, -0.15) is 13.2 Å². The van der Waals surface area contributed by atoms with Crippen LogP contribution < -0.4 is 18.9 Å². The molecule has 5 aromatic carbocycles. The van der Waals surface area contributed by atoms with E-state index in [9.17, 15) is 27.6 Å². The third kappa shape index (κ3) is 8.84. The van der Waals surface area contributed by atoms with Crippen LogP contribution in [0, 0.1) is 6.92 Å². The Hall–Kier alpha value is -6.16. The van der Waals surface area contributed by atoms with Gasteiger partial charge in [0.1, 0.15) is 17.1 Å². The standard InChI is InChI=1S/C40H31F3O7/c1-4-23-47-33-19-17-30(18-20-33)29-11-15-32(16-12-29)39(46)49-35-22-21-34(24-36(35)50-37(44)26(3)40(41,42)43)48-38(45)31-13-9-28(10-14-31)27-7-5-25(2)6-8-27/h5-22,24H,3-4,23H2,1-2H3. The molecule has 0 spiro atoms. The lowest BCUT2D eigenvalue weighted by atomic mass is 10.0. The first-order chi connectivity index (χ1) is 23.9. The number of benzene rings is 5. The number of carbonyl (C=O) groups is 3. The predicted molar refractivity (Wildman–Crippen MR) is 181 cm³/mol. The summed E-state index contributed by atoms with van der Waals surface area (Å²) in [6.07, 6.45) is -4.19. The minimum atomic E-state index is -5.08. The van der Waals surface area contributed by atoms with Crippen molar-refractivity contribution in [3.63, 3.8) is 0 Å². The molecule has 0 amide bonds. The molecule has 50 heavy (non-hydrogen) atoms. The van der Waals surface area contributed by atoms with Crippen LogP contribution in [-0.2, 0) is 4.79 Å². The smallest absolute Gasteiger partial charge is 0.422 e. The zero-order valence-corrected chi connectivity index (χ0v) is 27.1. The number of carbonyl (C=O) groups excluding carboxylic acids is 3. The van der Waals surface area contributed by atoms with Crippen molar-refractivity contribution < 1.29 is 46.5 Å². The Morgan fingerprint density at radius 3 is 1.56 bits per heavy atom. The van der Waals surface area contributed by atoms with Crippen LogP contribution in [0.1, 0.15) is 39.6 Å². The maximum atomic E-state index is 13.2. The van der Waals surface area contributed by atoms with Crippen molar-refractivity contribution in [2.75, 3.05) is 6.61 Å². The molecule has 0 fully saturated rings. The Morgan fingerprint density at radius 1 is 0.600 bits per heavy atom. The molecule has 7 nitrogen and oxygen atoms in total. The van der Waals surface area contributed by atoms with E-state index in [0.29, 0.717) is 6.61 Å². The third-order valence-corrected chi connectivity index (χ3v) is 7.41. The molecule has 0 saturated heterocycles. The predicted octanol–water partition coefficient (Wildman–Crippen LogP) is 9.58. The maximum absolute atomic E-state index is 13.2. The normalized spacial score (nSPS) is 11.0. The van der Waals surface area contributed by atoms with Crippen LogP contribution in [0.25, 0.3) is 22.3 Å². The molecule has 0 aliphatic heterocycles. The van der Waals surface area contributed by atoms with Crippen LogP contribution in [0.3, 0.4) is 0 Å². The Labute approximate surface area is 286 Å². The van der Waals surface area contributed by atoms with Crippen molar-refractivity contribution in [1.29, 1.82) is 0 Å². The summed E-state index contributed by atoms with van der Waals surface area (Å²) in [5, 5.41) is 0. The summed E-state index contributed by atoms with van der Waals surface area (Å²) in [4.78, 5) is 38.3. The van der Waals surface area contributed by atoms with Gasteiger partial charge in [0.25, 0.3) is 0 Å². The van der Waals surface area contributed by atoms with E-state index >= 15 is 0 Å². The molecule has 0 aromatic heterocycles. The maximum Gasteiger partial charge on any atom is 0.422 e. The van der Waals surface area contributed by atoms with Gasteiger partial charge in [0.05, 0.1) is 17.7 Å². The van der Waals surface area contributed by atoms with E-state index in [1.54, 1.807) is 36.4 Å². The monoisotopic (exact) mass is 680 g/mol. The van der Waals surface area contributed by atoms with Gasteiger partial charge in [-0.1, -0.05) is 79.7 Å². The van der Waals surface area contributed by atoms with E-state index in [4.69, 9.17) is 18.9 Å². The second-order valence-electron chi connectivity index (χ2n) is 11.1. The van der Waals surface area contributed by atoms with Gasteiger partial charge in [-0.05, 0) is 84.1 Å². The van der Waals surface area contributed by atoms with Crippen molar-refractivity contribution in [3.05, 3.63) is 144 Å². The van der Waals surface area contributed by atoms with Crippen LogP contribution in [0.15, 0.2) is 127 Å². The number of aryl methyl sites for hydroxylation is 1. The van der Waals surface area contributed by atoms with Crippen LogP contribution in [-0.4, -0.2) is 30.7 Å². The van der Waals surface area contributed by atoms with Gasteiger partial charge < -0.3 is 18.9 Å². The second-order valence-corrected chi connectivity index (χ2v) is 11.1. The number of rotatable bonds is 11. The van der Waals surface area contributed by atoms with E-state index in [2.05, 4.69) is 6.58 Å². The quantitative estimate of drug-likeness (QED) is 0.0780. The van der Waals surface area contributed by atoms with Crippen LogP contribution in [0.2, 0.25) is 0 Å². The number of alkyl halides is 3. The van der Waals surface area contributed by atoms with Crippen molar-refractivity contribution in [3.8, 4) is 45.3 Å².